The summed E-state index contributed by atoms with van der Waals surface area (Å²) in [5.41, 5.74) is 0. The van der Waals surface area contributed by atoms with Crippen LogP contribution in [0.2, 0.25) is 0 Å². The second kappa shape index (κ2) is 8.92. The van der Waals surface area contributed by atoms with Gasteiger partial charge >= 0.3 is 11.9 Å². The number of nitrogens with zero attached hydrogens (tertiary/aromatic N) is 2. The van der Waals surface area contributed by atoms with Crippen LogP contribution in [0.25, 0.3) is 0 Å². The van der Waals surface area contributed by atoms with Gasteiger partial charge in [-0.3, -0.25) is 9.59 Å². The molecule has 6 nitrogen and oxygen atoms in total. The first-order valence-electron chi connectivity index (χ1n) is 6.70. The van der Waals surface area contributed by atoms with E-state index in [-0.39, 0.29) is 12.8 Å². The third-order valence-electron chi connectivity index (χ3n) is 3.37. The number of hydrogen-bond acceptors (Lipinski definition) is 6. The summed E-state index contributed by atoms with van der Waals surface area (Å²) < 4.78 is 10.0. The lowest BCUT2D eigenvalue weighted by molar-refractivity contribution is -0.146. The Balaban J connectivity index is 2.14. The Hall–Kier alpha value is -2.08. The average Bonchev–Trinajstić information content (AvgIpc) is 2.45. The van der Waals surface area contributed by atoms with Crippen molar-refractivity contribution in [3.05, 3.63) is 0 Å². The maximum absolute atomic E-state index is 11.1. The van der Waals surface area contributed by atoms with E-state index in [1.807, 2.05) is 0 Å². The van der Waals surface area contributed by atoms with E-state index in [0.29, 0.717) is 25.0 Å². The van der Waals surface area contributed by atoms with Gasteiger partial charge < -0.3 is 9.47 Å². The highest BCUT2D eigenvalue weighted by Gasteiger charge is 2.23. The van der Waals surface area contributed by atoms with Gasteiger partial charge in [0, 0.05) is 0 Å². The van der Waals surface area contributed by atoms with E-state index < -0.39 is 11.9 Å². The van der Waals surface area contributed by atoms with Crippen molar-refractivity contribution in [2.75, 3.05) is 13.2 Å². The minimum absolute atomic E-state index is 0.204. The number of carbonyl (C=O) groups is 2. The molecule has 0 aromatic carbocycles. The van der Waals surface area contributed by atoms with Crippen LogP contribution in [0.15, 0.2) is 0 Å². The number of hydrogen-bond donors (Lipinski definition) is 0. The van der Waals surface area contributed by atoms with Crippen LogP contribution in [0.3, 0.4) is 0 Å². The molecule has 20 heavy (non-hydrogen) atoms. The minimum Gasteiger partial charge on any atom is -0.465 e. The third-order valence-corrected chi connectivity index (χ3v) is 3.37. The molecule has 0 aromatic rings. The van der Waals surface area contributed by atoms with Crippen molar-refractivity contribution < 1.29 is 19.1 Å². The first kappa shape index (κ1) is 16.0. The van der Waals surface area contributed by atoms with E-state index in [0.717, 1.165) is 25.7 Å². The van der Waals surface area contributed by atoms with Gasteiger partial charge in [-0.1, -0.05) is 0 Å². The summed E-state index contributed by atoms with van der Waals surface area (Å²) in [6, 6.07) is 3.51. The van der Waals surface area contributed by atoms with E-state index in [2.05, 4.69) is 0 Å². The van der Waals surface area contributed by atoms with Crippen LogP contribution < -0.4 is 0 Å². The summed E-state index contributed by atoms with van der Waals surface area (Å²) in [7, 11) is 0. The van der Waals surface area contributed by atoms with Crippen LogP contribution in [-0.2, 0) is 19.1 Å². The zero-order valence-corrected chi connectivity index (χ0v) is 11.3. The van der Waals surface area contributed by atoms with Crippen molar-refractivity contribution in [2.24, 2.45) is 11.8 Å². The van der Waals surface area contributed by atoms with Gasteiger partial charge in [0.2, 0.25) is 0 Å². The highest BCUT2D eigenvalue weighted by Crippen LogP contribution is 2.29. The zero-order chi connectivity index (χ0) is 14.8. The van der Waals surface area contributed by atoms with E-state index in [1.54, 1.807) is 12.1 Å². The Labute approximate surface area is 118 Å². The van der Waals surface area contributed by atoms with Gasteiger partial charge in [-0.2, -0.15) is 10.5 Å². The monoisotopic (exact) mass is 278 g/mol. The second-order valence-electron chi connectivity index (χ2n) is 4.92. The fourth-order valence-electron chi connectivity index (χ4n) is 2.22. The van der Waals surface area contributed by atoms with Gasteiger partial charge in [-0.05, 0) is 37.5 Å². The molecule has 0 N–H and O–H groups in total. The minimum atomic E-state index is -0.472. The standard InChI is InChI=1S/C14H18N2O4/c15-7-5-13(17)19-9-11-1-2-12(4-3-11)10-20-14(18)6-8-16/h11-12H,1-6,9-10H2. The van der Waals surface area contributed by atoms with Crippen molar-refractivity contribution in [1.82, 2.24) is 0 Å². The summed E-state index contributed by atoms with van der Waals surface area (Å²) in [5, 5.41) is 16.7. The van der Waals surface area contributed by atoms with E-state index in [9.17, 15) is 9.59 Å². The van der Waals surface area contributed by atoms with Gasteiger partial charge in [-0.25, -0.2) is 0 Å². The van der Waals surface area contributed by atoms with Crippen LogP contribution in [-0.4, -0.2) is 25.2 Å². The third kappa shape index (κ3) is 6.19. The van der Waals surface area contributed by atoms with Gasteiger partial charge in [0.1, 0.15) is 12.8 Å². The Morgan fingerprint density at radius 2 is 1.20 bits per heavy atom. The molecule has 0 spiro atoms. The SMILES string of the molecule is N#CCC(=O)OCC1CCC(COC(=O)CC#N)CC1. The lowest BCUT2D eigenvalue weighted by Crippen LogP contribution is -2.23. The molecule has 1 aliphatic carbocycles. The first-order valence-corrected chi connectivity index (χ1v) is 6.70. The highest BCUT2D eigenvalue weighted by atomic mass is 16.5. The molecule has 1 rings (SSSR count). The van der Waals surface area contributed by atoms with Crippen molar-refractivity contribution in [1.29, 1.82) is 10.5 Å². The van der Waals surface area contributed by atoms with Gasteiger partial charge in [0.05, 0.1) is 25.4 Å². The molecule has 1 saturated carbocycles. The Kier molecular flexibility index (Phi) is 7.13. The van der Waals surface area contributed by atoms with Gasteiger partial charge in [0.15, 0.2) is 0 Å². The number of carbonyl (C=O) groups excluding carboxylic acids is 2. The second-order valence-corrected chi connectivity index (χ2v) is 4.92. The van der Waals surface area contributed by atoms with Crippen LogP contribution >= 0.6 is 0 Å². The van der Waals surface area contributed by atoms with Crippen molar-refractivity contribution in [2.45, 2.75) is 38.5 Å². The molecule has 0 aromatic heterocycles. The molecule has 0 heterocycles. The van der Waals surface area contributed by atoms with Crippen molar-refractivity contribution in [3.8, 4) is 12.1 Å². The molecular formula is C14H18N2O4. The predicted octanol–water partition coefficient (Wildman–Crippen LogP) is 1.71. The summed E-state index contributed by atoms with van der Waals surface area (Å²) >= 11 is 0. The molecule has 0 bridgehead atoms. The topological polar surface area (TPSA) is 100 Å². The first-order chi connectivity index (χ1) is 9.65. The Morgan fingerprint density at radius 1 is 0.850 bits per heavy atom. The van der Waals surface area contributed by atoms with Crippen molar-refractivity contribution >= 4 is 11.9 Å². The summed E-state index contributed by atoms with van der Waals surface area (Å²) in [6.45, 7) is 0.725. The van der Waals surface area contributed by atoms with E-state index >= 15 is 0 Å². The number of rotatable bonds is 6. The maximum atomic E-state index is 11.1. The fourth-order valence-corrected chi connectivity index (χ4v) is 2.22. The molecule has 0 amide bonds. The summed E-state index contributed by atoms with van der Waals surface area (Å²) in [4.78, 5) is 22.1. The van der Waals surface area contributed by atoms with Crippen LogP contribution in [0.1, 0.15) is 38.5 Å². The lowest BCUT2D eigenvalue weighted by atomic mass is 9.83. The van der Waals surface area contributed by atoms with Gasteiger partial charge in [-0.15, -0.1) is 0 Å². The van der Waals surface area contributed by atoms with E-state index in [1.165, 1.54) is 0 Å². The molecule has 1 aliphatic rings. The number of esters is 2. The molecule has 108 valence electrons. The Bertz CT molecular complexity index is 374. The Morgan fingerprint density at radius 3 is 1.50 bits per heavy atom. The molecule has 0 aliphatic heterocycles. The summed E-state index contributed by atoms with van der Waals surface area (Å²) in [6.07, 6.45) is 3.26. The van der Waals surface area contributed by atoms with Crippen LogP contribution in [0, 0.1) is 34.5 Å². The lowest BCUT2D eigenvalue weighted by Gasteiger charge is -2.27. The van der Waals surface area contributed by atoms with Gasteiger partial charge in [0.25, 0.3) is 0 Å². The summed E-state index contributed by atoms with van der Waals surface area (Å²) in [5.74, 6) is -0.299. The maximum Gasteiger partial charge on any atom is 0.320 e. The largest absolute Gasteiger partial charge is 0.465 e. The predicted molar refractivity (Wildman–Crippen MR) is 67.8 cm³/mol. The molecule has 0 saturated heterocycles. The quantitative estimate of drug-likeness (QED) is 0.685. The normalized spacial score (nSPS) is 21.3. The molecule has 6 heteroatoms. The van der Waals surface area contributed by atoms with Crippen LogP contribution in [0.5, 0.6) is 0 Å². The highest BCUT2D eigenvalue weighted by molar-refractivity contribution is 5.72. The number of ether oxygens (including phenoxy) is 2. The average molecular weight is 278 g/mol. The molecule has 0 atom stereocenters. The number of nitriles is 2. The molecule has 0 radical (unpaired) electrons. The van der Waals surface area contributed by atoms with Crippen LogP contribution in [0.4, 0.5) is 0 Å². The smallest absolute Gasteiger partial charge is 0.320 e. The van der Waals surface area contributed by atoms with Crippen molar-refractivity contribution in [3.63, 3.8) is 0 Å². The molecule has 0 unspecified atom stereocenters. The molecular weight excluding hydrogens is 260 g/mol. The van der Waals surface area contributed by atoms with E-state index in [4.69, 9.17) is 20.0 Å². The fraction of sp³-hybridized carbons (Fsp3) is 0.714. The zero-order valence-electron chi connectivity index (χ0n) is 11.3. The molecule has 1 fully saturated rings.